The minimum absolute atomic E-state index is 0.489. The second-order valence-corrected chi connectivity index (χ2v) is 7.87. The van der Waals surface area contributed by atoms with Gasteiger partial charge >= 0.3 is 0 Å². The van der Waals surface area contributed by atoms with Crippen LogP contribution in [0.5, 0.6) is 0 Å². The maximum absolute atomic E-state index is 2.53. The van der Waals surface area contributed by atoms with Gasteiger partial charge in [0.15, 0.2) is 0 Å². The van der Waals surface area contributed by atoms with Gasteiger partial charge in [-0.1, -0.05) is 47.0 Å². The average molecular weight is 222 g/mol. The van der Waals surface area contributed by atoms with E-state index in [0.717, 1.165) is 5.41 Å². The zero-order valence-corrected chi connectivity index (χ0v) is 11.9. The van der Waals surface area contributed by atoms with Crippen molar-refractivity contribution in [3.05, 3.63) is 0 Å². The zero-order chi connectivity index (χ0) is 11.9. The Morgan fingerprint density at radius 1 is 0.688 bits per heavy atom. The van der Waals surface area contributed by atoms with Crippen LogP contribution in [0.4, 0.5) is 0 Å². The monoisotopic (exact) mass is 222 g/mol. The molecule has 0 atom stereocenters. The van der Waals surface area contributed by atoms with Crippen molar-refractivity contribution >= 4 is 0 Å². The van der Waals surface area contributed by atoms with Gasteiger partial charge in [0.05, 0.1) is 0 Å². The quantitative estimate of drug-likeness (QED) is 0.503. The molecular weight excluding hydrogens is 192 g/mol. The highest BCUT2D eigenvalue weighted by Crippen LogP contribution is 2.57. The largest absolute Gasteiger partial charge is 0.0597 e. The van der Waals surface area contributed by atoms with Gasteiger partial charge in [0.25, 0.3) is 0 Å². The van der Waals surface area contributed by atoms with Gasteiger partial charge in [0.2, 0.25) is 0 Å². The summed E-state index contributed by atoms with van der Waals surface area (Å²) in [6.45, 7) is 9.84. The third-order valence-electron chi connectivity index (χ3n) is 6.14. The summed E-state index contributed by atoms with van der Waals surface area (Å²) >= 11 is 0. The van der Waals surface area contributed by atoms with E-state index in [1.54, 1.807) is 0 Å². The third-order valence-corrected chi connectivity index (χ3v) is 6.14. The lowest BCUT2D eigenvalue weighted by Gasteiger charge is -2.52. The minimum Gasteiger partial charge on any atom is -0.0597 e. The topological polar surface area (TPSA) is 0 Å². The van der Waals surface area contributed by atoms with Gasteiger partial charge in [0, 0.05) is 0 Å². The highest BCUT2D eigenvalue weighted by Gasteiger charge is 2.45. The fourth-order valence-electron chi connectivity index (χ4n) is 3.88. The highest BCUT2D eigenvalue weighted by molar-refractivity contribution is 4.96. The Hall–Kier alpha value is 0. The molecule has 0 unspecified atom stereocenters. The molecule has 2 fully saturated rings. The van der Waals surface area contributed by atoms with Crippen molar-refractivity contribution in [1.29, 1.82) is 0 Å². The predicted octanol–water partition coefficient (Wildman–Crippen LogP) is 5.56. The predicted molar refractivity (Wildman–Crippen MR) is 71.5 cm³/mol. The van der Waals surface area contributed by atoms with Crippen molar-refractivity contribution in [3.8, 4) is 0 Å². The summed E-state index contributed by atoms with van der Waals surface area (Å²) in [5.41, 5.74) is 1.86. The molecule has 2 aliphatic carbocycles. The van der Waals surface area contributed by atoms with E-state index in [2.05, 4.69) is 27.7 Å². The Kier molecular flexibility index (Phi) is 3.14. The van der Waals surface area contributed by atoms with Crippen molar-refractivity contribution in [2.75, 3.05) is 0 Å². The van der Waals surface area contributed by atoms with Crippen LogP contribution in [0.2, 0.25) is 0 Å². The van der Waals surface area contributed by atoms with Crippen LogP contribution in [-0.4, -0.2) is 0 Å². The van der Waals surface area contributed by atoms with Gasteiger partial charge in [-0.3, -0.25) is 0 Å². The van der Waals surface area contributed by atoms with Crippen molar-refractivity contribution < 1.29 is 0 Å². The van der Waals surface area contributed by atoms with Gasteiger partial charge in [-0.15, -0.1) is 0 Å². The molecule has 0 amide bonds. The van der Waals surface area contributed by atoms with Gasteiger partial charge < -0.3 is 0 Å². The fraction of sp³-hybridized carbons (Fsp3) is 1.00. The first-order valence-electron chi connectivity index (χ1n) is 7.37. The average Bonchev–Trinajstić information content (AvgIpc) is 2.23. The SMILES string of the molecule is CC(C)(C)C1(C)CCC2(CCCCC2)CC1. The summed E-state index contributed by atoms with van der Waals surface area (Å²) in [4.78, 5) is 0. The molecule has 0 aromatic heterocycles. The van der Waals surface area contributed by atoms with Crippen LogP contribution in [0.1, 0.15) is 85.5 Å². The van der Waals surface area contributed by atoms with Crippen LogP contribution in [0, 0.1) is 16.2 Å². The van der Waals surface area contributed by atoms with Crippen molar-refractivity contribution in [2.24, 2.45) is 16.2 Å². The lowest BCUT2D eigenvalue weighted by molar-refractivity contribution is -0.0102. The smallest absolute Gasteiger partial charge is 0.0277 e. The van der Waals surface area contributed by atoms with Crippen molar-refractivity contribution in [3.63, 3.8) is 0 Å². The van der Waals surface area contributed by atoms with Crippen LogP contribution in [-0.2, 0) is 0 Å². The lowest BCUT2D eigenvalue weighted by atomic mass is 9.53. The summed E-state index contributed by atoms with van der Waals surface area (Å²) in [5.74, 6) is 0. The van der Waals surface area contributed by atoms with E-state index >= 15 is 0 Å². The molecule has 2 aliphatic rings. The molecule has 2 saturated carbocycles. The molecule has 0 heteroatoms. The first-order chi connectivity index (χ1) is 7.37. The molecule has 0 heterocycles. The standard InChI is InChI=1S/C16H30/c1-14(2,3)15(4)10-12-16(13-11-15)8-6-5-7-9-16/h5-13H2,1-4H3. The molecule has 0 radical (unpaired) electrons. The van der Waals surface area contributed by atoms with E-state index in [9.17, 15) is 0 Å². The number of hydrogen-bond acceptors (Lipinski definition) is 0. The Balaban J connectivity index is 2.00. The summed E-state index contributed by atoms with van der Waals surface area (Å²) in [7, 11) is 0. The van der Waals surface area contributed by atoms with E-state index < -0.39 is 0 Å². The summed E-state index contributed by atoms with van der Waals surface area (Å²) in [6.07, 6.45) is 13.5. The Morgan fingerprint density at radius 3 is 1.62 bits per heavy atom. The van der Waals surface area contributed by atoms with Crippen LogP contribution < -0.4 is 0 Å². The second kappa shape index (κ2) is 4.03. The van der Waals surface area contributed by atoms with Gasteiger partial charge in [-0.05, 0) is 54.8 Å². The second-order valence-electron chi connectivity index (χ2n) is 7.87. The van der Waals surface area contributed by atoms with E-state index in [4.69, 9.17) is 0 Å². The summed E-state index contributed by atoms with van der Waals surface area (Å²) < 4.78 is 0. The summed E-state index contributed by atoms with van der Waals surface area (Å²) in [6, 6.07) is 0. The molecule has 0 saturated heterocycles. The van der Waals surface area contributed by atoms with E-state index in [0.29, 0.717) is 10.8 Å². The molecule has 0 nitrogen and oxygen atoms in total. The van der Waals surface area contributed by atoms with Crippen LogP contribution in [0.25, 0.3) is 0 Å². The van der Waals surface area contributed by atoms with Gasteiger partial charge in [-0.25, -0.2) is 0 Å². The Labute approximate surface area is 102 Å². The molecule has 16 heavy (non-hydrogen) atoms. The Bertz CT molecular complexity index is 227. The van der Waals surface area contributed by atoms with Crippen LogP contribution in [0.15, 0.2) is 0 Å². The van der Waals surface area contributed by atoms with Gasteiger partial charge in [-0.2, -0.15) is 0 Å². The molecule has 94 valence electrons. The van der Waals surface area contributed by atoms with E-state index in [1.165, 1.54) is 57.8 Å². The molecule has 0 bridgehead atoms. The maximum atomic E-state index is 2.53. The molecular formula is C16H30. The number of hydrogen-bond donors (Lipinski definition) is 0. The third kappa shape index (κ3) is 2.17. The molecule has 0 aliphatic heterocycles. The highest BCUT2D eigenvalue weighted by atomic mass is 14.5. The van der Waals surface area contributed by atoms with Crippen LogP contribution in [0.3, 0.4) is 0 Å². The van der Waals surface area contributed by atoms with E-state index in [-0.39, 0.29) is 0 Å². The number of rotatable bonds is 0. The zero-order valence-electron chi connectivity index (χ0n) is 11.9. The van der Waals surface area contributed by atoms with E-state index in [1.807, 2.05) is 0 Å². The first kappa shape index (κ1) is 12.5. The Morgan fingerprint density at radius 2 is 1.19 bits per heavy atom. The maximum Gasteiger partial charge on any atom is -0.0277 e. The fourth-order valence-corrected chi connectivity index (χ4v) is 3.88. The normalized spacial score (nSPS) is 29.2. The molecule has 0 aromatic carbocycles. The molecule has 2 rings (SSSR count). The van der Waals surface area contributed by atoms with Crippen molar-refractivity contribution in [2.45, 2.75) is 85.5 Å². The first-order valence-corrected chi connectivity index (χ1v) is 7.37. The molecule has 0 aromatic rings. The molecule has 0 N–H and O–H groups in total. The summed E-state index contributed by atoms with van der Waals surface area (Å²) in [5, 5.41) is 0. The molecule has 1 spiro atoms. The van der Waals surface area contributed by atoms with Gasteiger partial charge in [0.1, 0.15) is 0 Å². The lowest BCUT2D eigenvalue weighted by Crippen LogP contribution is -2.41. The minimum atomic E-state index is 0.489. The van der Waals surface area contributed by atoms with Crippen LogP contribution >= 0.6 is 0 Å². The van der Waals surface area contributed by atoms with Crippen molar-refractivity contribution in [1.82, 2.24) is 0 Å².